The maximum absolute atomic E-state index is 10.5. The number of halogens is 2. The van der Waals surface area contributed by atoms with Crippen LogP contribution in [0.4, 0.5) is 0 Å². The van der Waals surface area contributed by atoms with E-state index in [1.807, 2.05) is 25.1 Å². The van der Waals surface area contributed by atoms with Crippen LogP contribution in [0.1, 0.15) is 18.4 Å². The third kappa shape index (κ3) is 2.17. The van der Waals surface area contributed by atoms with Crippen molar-refractivity contribution < 1.29 is 4.79 Å². The van der Waals surface area contributed by atoms with Crippen LogP contribution in [0.15, 0.2) is 27.1 Å². The lowest BCUT2D eigenvalue weighted by molar-refractivity contribution is -0.108. The Bertz CT molecular complexity index is 297. The number of carbonyl (C=O) groups excluding carboxylic acids is 1. The first kappa shape index (κ1) is 9.93. The molecule has 1 rings (SSSR count). The molecule has 0 saturated heterocycles. The quantitative estimate of drug-likeness (QED) is 0.762. The molecule has 64 valence electrons. The molecule has 1 aromatic rings. The highest BCUT2D eigenvalue weighted by Crippen LogP contribution is 2.26. The average molecular weight is 292 g/mol. The van der Waals surface area contributed by atoms with Crippen LogP contribution in [0.2, 0.25) is 0 Å². The van der Waals surface area contributed by atoms with E-state index in [2.05, 4.69) is 31.9 Å². The van der Waals surface area contributed by atoms with E-state index >= 15 is 0 Å². The molecule has 1 atom stereocenters. The molecular formula is C9H8Br2O. The van der Waals surface area contributed by atoms with Crippen LogP contribution >= 0.6 is 31.9 Å². The molecule has 0 spiro atoms. The van der Waals surface area contributed by atoms with E-state index in [1.54, 1.807) is 0 Å². The molecule has 3 heteroatoms. The Kier molecular flexibility index (Phi) is 3.47. The molecular weight excluding hydrogens is 284 g/mol. The molecule has 0 bridgehead atoms. The smallest absolute Gasteiger partial charge is 0.127 e. The van der Waals surface area contributed by atoms with Gasteiger partial charge in [-0.25, -0.2) is 0 Å². The lowest BCUT2D eigenvalue weighted by Gasteiger charge is -2.04. The number of hydrogen-bond donors (Lipinski definition) is 0. The number of rotatable bonds is 2. The minimum atomic E-state index is -0.0330. The monoisotopic (exact) mass is 290 g/mol. The van der Waals surface area contributed by atoms with Gasteiger partial charge >= 0.3 is 0 Å². The van der Waals surface area contributed by atoms with Gasteiger partial charge in [0.05, 0.1) is 0 Å². The Balaban J connectivity index is 3.04. The minimum absolute atomic E-state index is 0.0330. The molecule has 0 heterocycles. The molecule has 1 unspecified atom stereocenters. The van der Waals surface area contributed by atoms with Crippen molar-refractivity contribution in [1.29, 1.82) is 0 Å². The second kappa shape index (κ2) is 4.19. The fraction of sp³-hybridized carbons (Fsp3) is 0.222. The maximum atomic E-state index is 10.5. The summed E-state index contributed by atoms with van der Waals surface area (Å²) in [5.74, 6) is -0.0330. The predicted octanol–water partition coefficient (Wildman–Crippen LogP) is 3.51. The molecule has 0 aliphatic heterocycles. The van der Waals surface area contributed by atoms with E-state index in [-0.39, 0.29) is 5.92 Å². The van der Waals surface area contributed by atoms with Crippen molar-refractivity contribution in [2.75, 3.05) is 0 Å². The Labute approximate surface area is 88.4 Å². The van der Waals surface area contributed by atoms with Crippen molar-refractivity contribution in [2.45, 2.75) is 12.8 Å². The lowest BCUT2D eigenvalue weighted by atomic mass is 10.0. The molecule has 0 aliphatic carbocycles. The molecule has 0 aromatic heterocycles. The van der Waals surface area contributed by atoms with Gasteiger partial charge in [0.25, 0.3) is 0 Å². The van der Waals surface area contributed by atoms with Crippen LogP contribution < -0.4 is 0 Å². The molecule has 0 N–H and O–H groups in total. The minimum Gasteiger partial charge on any atom is -0.303 e. The largest absolute Gasteiger partial charge is 0.303 e. The molecule has 1 nitrogen and oxygen atoms in total. The summed E-state index contributed by atoms with van der Waals surface area (Å²) in [4.78, 5) is 10.5. The first-order chi connectivity index (χ1) is 5.65. The van der Waals surface area contributed by atoms with Gasteiger partial charge < -0.3 is 4.79 Å². The van der Waals surface area contributed by atoms with E-state index in [4.69, 9.17) is 0 Å². The van der Waals surface area contributed by atoms with Gasteiger partial charge in [0, 0.05) is 14.9 Å². The molecule has 0 saturated carbocycles. The van der Waals surface area contributed by atoms with Gasteiger partial charge in [-0.15, -0.1) is 0 Å². The fourth-order valence-corrected chi connectivity index (χ4v) is 1.52. The standard InChI is InChI=1S/C9H8Br2O/c1-6(5-12)7-2-3-8(10)9(11)4-7/h2-6H,1H3. The number of carbonyl (C=O) groups is 1. The van der Waals surface area contributed by atoms with Crippen molar-refractivity contribution in [3.05, 3.63) is 32.7 Å². The summed E-state index contributed by atoms with van der Waals surface area (Å²) in [6.45, 7) is 1.88. The second-order valence-electron chi connectivity index (χ2n) is 2.60. The van der Waals surface area contributed by atoms with Crippen molar-refractivity contribution in [2.24, 2.45) is 0 Å². The van der Waals surface area contributed by atoms with E-state index in [0.717, 1.165) is 20.8 Å². The number of aldehydes is 1. The topological polar surface area (TPSA) is 17.1 Å². The average Bonchev–Trinajstić information content (AvgIpc) is 2.08. The van der Waals surface area contributed by atoms with Crippen LogP contribution in [-0.2, 0) is 4.79 Å². The van der Waals surface area contributed by atoms with Gasteiger partial charge in [-0.2, -0.15) is 0 Å². The first-order valence-corrected chi connectivity index (χ1v) is 5.14. The van der Waals surface area contributed by atoms with Gasteiger partial charge in [0.1, 0.15) is 6.29 Å². The van der Waals surface area contributed by atoms with Gasteiger partial charge in [0.15, 0.2) is 0 Å². The highest BCUT2D eigenvalue weighted by Gasteiger charge is 2.04. The maximum Gasteiger partial charge on any atom is 0.127 e. The van der Waals surface area contributed by atoms with E-state index in [1.165, 1.54) is 0 Å². The fourth-order valence-electron chi connectivity index (χ4n) is 0.874. The zero-order valence-corrected chi connectivity index (χ0v) is 9.72. The SMILES string of the molecule is CC(C=O)c1ccc(Br)c(Br)c1. The van der Waals surface area contributed by atoms with Crippen LogP contribution in [0.5, 0.6) is 0 Å². The third-order valence-electron chi connectivity index (χ3n) is 1.67. The third-order valence-corrected chi connectivity index (χ3v) is 3.55. The molecule has 0 aliphatic rings. The summed E-state index contributed by atoms with van der Waals surface area (Å²) < 4.78 is 1.98. The Morgan fingerprint density at radius 3 is 2.50 bits per heavy atom. The summed E-state index contributed by atoms with van der Waals surface area (Å²) in [5, 5.41) is 0. The van der Waals surface area contributed by atoms with Crippen LogP contribution in [0.3, 0.4) is 0 Å². The Hall–Kier alpha value is -0.150. The van der Waals surface area contributed by atoms with E-state index in [9.17, 15) is 4.79 Å². The zero-order chi connectivity index (χ0) is 9.14. The molecule has 0 radical (unpaired) electrons. The molecule has 12 heavy (non-hydrogen) atoms. The van der Waals surface area contributed by atoms with E-state index < -0.39 is 0 Å². The van der Waals surface area contributed by atoms with Gasteiger partial charge in [-0.1, -0.05) is 13.0 Å². The first-order valence-electron chi connectivity index (χ1n) is 3.55. The van der Waals surface area contributed by atoms with Crippen molar-refractivity contribution in [1.82, 2.24) is 0 Å². The Morgan fingerprint density at radius 2 is 2.00 bits per heavy atom. The van der Waals surface area contributed by atoms with Crippen LogP contribution in [-0.4, -0.2) is 6.29 Å². The Morgan fingerprint density at radius 1 is 1.33 bits per heavy atom. The normalized spacial score (nSPS) is 12.6. The van der Waals surface area contributed by atoms with Crippen molar-refractivity contribution in [3.8, 4) is 0 Å². The summed E-state index contributed by atoms with van der Waals surface area (Å²) in [6, 6.07) is 5.82. The zero-order valence-electron chi connectivity index (χ0n) is 6.55. The number of benzene rings is 1. The van der Waals surface area contributed by atoms with Gasteiger partial charge in [0.2, 0.25) is 0 Å². The summed E-state index contributed by atoms with van der Waals surface area (Å²) in [5.41, 5.74) is 1.03. The van der Waals surface area contributed by atoms with Gasteiger partial charge in [-0.05, 0) is 49.6 Å². The van der Waals surface area contributed by atoms with Gasteiger partial charge in [-0.3, -0.25) is 0 Å². The second-order valence-corrected chi connectivity index (χ2v) is 4.31. The van der Waals surface area contributed by atoms with E-state index in [0.29, 0.717) is 0 Å². The van der Waals surface area contributed by atoms with Crippen molar-refractivity contribution in [3.63, 3.8) is 0 Å². The summed E-state index contributed by atoms with van der Waals surface area (Å²) >= 11 is 6.75. The van der Waals surface area contributed by atoms with Crippen LogP contribution in [0.25, 0.3) is 0 Å². The highest BCUT2D eigenvalue weighted by atomic mass is 79.9. The molecule has 0 amide bonds. The molecule has 0 fully saturated rings. The molecule has 1 aromatic carbocycles. The summed E-state index contributed by atoms with van der Waals surface area (Å²) in [7, 11) is 0. The summed E-state index contributed by atoms with van der Waals surface area (Å²) in [6.07, 6.45) is 0.940. The predicted molar refractivity (Wildman–Crippen MR) is 56.3 cm³/mol. The lowest BCUT2D eigenvalue weighted by Crippen LogP contribution is -1.93. The number of hydrogen-bond acceptors (Lipinski definition) is 1. The van der Waals surface area contributed by atoms with Crippen molar-refractivity contribution >= 4 is 38.1 Å². The van der Waals surface area contributed by atoms with Crippen LogP contribution in [0, 0.1) is 0 Å². The highest BCUT2D eigenvalue weighted by molar-refractivity contribution is 9.13.